The molecular weight excluding hydrogens is 597 g/mol. The average molecular weight is 628 g/mol. The van der Waals surface area contributed by atoms with E-state index in [0.717, 1.165) is 42.6 Å². The number of halogens is 1. The summed E-state index contributed by atoms with van der Waals surface area (Å²) >= 11 is 0. The summed E-state index contributed by atoms with van der Waals surface area (Å²) < 4.78 is 51.1. The van der Waals surface area contributed by atoms with Crippen LogP contribution in [0.4, 0.5) is 4.39 Å². The Morgan fingerprint density at radius 3 is 2.69 bits per heavy atom. The molecule has 2 aliphatic heterocycles. The number of nitrogens with zero attached hydrogens (tertiary/aromatic N) is 4. The van der Waals surface area contributed by atoms with E-state index < -0.39 is 37.6 Å². The summed E-state index contributed by atoms with van der Waals surface area (Å²) in [6.45, 7) is 1.38. The maximum atomic E-state index is 16.0. The molecule has 7 rings (SSSR count). The first-order valence-corrected chi connectivity index (χ1v) is 16.5. The Bertz CT molecular complexity index is 2150. The molecular formula is C33H30FN5O5S. The first-order chi connectivity index (χ1) is 21.7. The minimum Gasteiger partial charge on any atom is -0.451 e. The summed E-state index contributed by atoms with van der Waals surface area (Å²) in [6.07, 6.45) is 8.66. The number of nitrogens with one attached hydrogen (secondary N) is 1. The van der Waals surface area contributed by atoms with E-state index in [0.29, 0.717) is 24.0 Å². The number of benzene rings is 3. The molecule has 3 aromatic carbocycles. The van der Waals surface area contributed by atoms with E-state index >= 15 is 4.39 Å². The predicted octanol–water partition coefficient (Wildman–Crippen LogP) is 4.41. The third kappa shape index (κ3) is 5.23. The van der Waals surface area contributed by atoms with E-state index in [1.807, 2.05) is 30.3 Å². The lowest BCUT2D eigenvalue weighted by molar-refractivity contribution is 0.0948. The molecule has 0 spiro atoms. The molecule has 0 saturated carbocycles. The van der Waals surface area contributed by atoms with E-state index in [1.165, 1.54) is 24.8 Å². The molecule has 1 N–H and O–H groups in total. The van der Waals surface area contributed by atoms with Crippen LogP contribution in [0.2, 0.25) is 0 Å². The number of ether oxygens (including phenoxy) is 1. The van der Waals surface area contributed by atoms with Gasteiger partial charge in [0, 0.05) is 43.8 Å². The van der Waals surface area contributed by atoms with Crippen molar-refractivity contribution in [2.45, 2.75) is 36.6 Å². The molecule has 0 radical (unpaired) electrons. The van der Waals surface area contributed by atoms with Crippen molar-refractivity contribution in [3.05, 3.63) is 94.5 Å². The third-order valence-electron chi connectivity index (χ3n) is 8.69. The van der Waals surface area contributed by atoms with Crippen molar-refractivity contribution in [2.75, 3.05) is 25.9 Å². The Labute approximate surface area is 258 Å². The second kappa shape index (κ2) is 11.4. The van der Waals surface area contributed by atoms with Gasteiger partial charge in [-0.25, -0.2) is 12.8 Å². The zero-order chi connectivity index (χ0) is 31.3. The number of likely N-dealkylation sites (tertiary alicyclic amines) is 1. The summed E-state index contributed by atoms with van der Waals surface area (Å²) in [6, 6.07) is 12.3. The second-order valence-corrected chi connectivity index (χ2v) is 13.6. The van der Waals surface area contributed by atoms with Crippen molar-refractivity contribution in [2.24, 2.45) is 0 Å². The van der Waals surface area contributed by atoms with Crippen LogP contribution in [0.25, 0.3) is 27.4 Å². The zero-order valence-electron chi connectivity index (χ0n) is 24.5. The molecule has 5 aromatic rings. The zero-order valence-corrected chi connectivity index (χ0v) is 25.3. The topological polar surface area (TPSA) is 123 Å². The summed E-state index contributed by atoms with van der Waals surface area (Å²) in [5.74, 6) is -2.21. The van der Waals surface area contributed by atoms with E-state index in [1.54, 1.807) is 10.6 Å². The van der Waals surface area contributed by atoms with Crippen LogP contribution in [0, 0.1) is 5.82 Å². The summed E-state index contributed by atoms with van der Waals surface area (Å²) in [7, 11) is -2.23. The number of hydrogen-bond donors (Lipinski definition) is 1. The fourth-order valence-corrected chi connectivity index (χ4v) is 7.78. The maximum absolute atomic E-state index is 16.0. The van der Waals surface area contributed by atoms with Crippen LogP contribution < -0.4 is 15.5 Å². The highest BCUT2D eigenvalue weighted by Gasteiger charge is 2.34. The van der Waals surface area contributed by atoms with E-state index in [2.05, 4.69) is 27.2 Å². The van der Waals surface area contributed by atoms with Gasteiger partial charge in [-0.1, -0.05) is 24.3 Å². The largest absolute Gasteiger partial charge is 0.451 e. The first-order valence-electron chi connectivity index (χ1n) is 14.8. The molecule has 1 atom stereocenters. The average Bonchev–Trinajstić information content (AvgIpc) is 3.44. The molecule has 45 heavy (non-hydrogen) atoms. The normalized spacial score (nSPS) is 16.1. The van der Waals surface area contributed by atoms with Crippen molar-refractivity contribution >= 4 is 37.4 Å². The number of hydrogen-bond acceptors (Lipinski definition) is 8. The molecule has 1 saturated heterocycles. The van der Waals surface area contributed by atoms with Crippen LogP contribution in [0.5, 0.6) is 11.5 Å². The number of fused-ring (bicyclic) bond motifs is 3. The van der Waals surface area contributed by atoms with Gasteiger partial charge in [0.05, 0.1) is 22.5 Å². The Hall–Kier alpha value is -4.68. The van der Waals surface area contributed by atoms with E-state index in [4.69, 9.17) is 4.74 Å². The number of carbonyl (C=O) groups is 1. The van der Waals surface area contributed by atoms with Gasteiger partial charge in [0.2, 0.25) is 5.43 Å². The van der Waals surface area contributed by atoms with Gasteiger partial charge in [0.1, 0.15) is 21.8 Å². The van der Waals surface area contributed by atoms with Gasteiger partial charge in [-0.15, -0.1) is 0 Å². The van der Waals surface area contributed by atoms with Crippen LogP contribution in [0.1, 0.15) is 35.3 Å². The highest BCUT2D eigenvalue weighted by atomic mass is 32.2. The molecule has 1 fully saturated rings. The van der Waals surface area contributed by atoms with Gasteiger partial charge in [0.25, 0.3) is 5.91 Å². The van der Waals surface area contributed by atoms with Crippen molar-refractivity contribution in [1.82, 2.24) is 24.8 Å². The standard InChI is InChI=1S/C33H30FN5O5S/c1-38-13-4-7-23(38)8-10-37-33(41)25-19-39-27-15-20-5-2-3-6-21(20)16-28(27)44-31-29(39)24(30(25)40)17-26(34)32(31)45(42,43)14-9-22-18-35-11-12-36-22/h2-3,5-6,11-12,15-19,23H,4,7-10,13-14H2,1H3,(H,37,41). The fourth-order valence-electron chi connectivity index (χ4n) is 6.32. The third-order valence-corrected chi connectivity index (χ3v) is 10.4. The van der Waals surface area contributed by atoms with Gasteiger partial charge >= 0.3 is 0 Å². The molecule has 2 aromatic heterocycles. The number of sulfone groups is 1. The molecule has 4 heterocycles. The Balaban J connectivity index is 1.36. The predicted molar refractivity (Wildman–Crippen MR) is 167 cm³/mol. The summed E-state index contributed by atoms with van der Waals surface area (Å²) in [5.41, 5.74) is 0.106. The molecule has 12 heteroatoms. The number of pyridine rings is 1. The second-order valence-electron chi connectivity index (χ2n) is 11.5. The van der Waals surface area contributed by atoms with Crippen molar-refractivity contribution < 1.29 is 22.3 Å². The molecule has 10 nitrogen and oxygen atoms in total. The van der Waals surface area contributed by atoms with Crippen LogP contribution >= 0.6 is 0 Å². The van der Waals surface area contributed by atoms with Crippen LogP contribution in [0.3, 0.4) is 0 Å². The number of carbonyl (C=O) groups excluding carboxylic acids is 1. The van der Waals surface area contributed by atoms with E-state index in [-0.39, 0.29) is 34.4 Å². The maximum Gasteiger partial charge on any atom is 0.256 e. The van der Waals surface area contributed by atoms with Gasteiger partial charge in [-0.2, -0.15) is 0 Å². The Morgan fingerprint density at radius 2 is 1.96 bits per heavy atom. The lowest BCUT2D eigenvalue weighted by Crippen LogP contribution is -2.34. The van der Waals surface area contributed by atoms with Crippen LogP contribution in [0.15, 0.2) is 76.9 Å². The molecule has 0 aliphatic carbocycles. The molecule has 1 unspecified atom stereocenters. The van der Waals surface area contributed by atoms with Gasteiger partial charge < -0.3 is 19.5 Å². The van der Waals surface area contributed by atoms with Crippen LogP contribution in [-0.4, -0.2) is 65.7 Å². The Morgan fingerprint density at radius 1 is 1.16 bits per heavy atom. The quantitative estimate of drug-likeness (QED) is 0.263. The van der Waals surface area contributed by atoms with Gasteiger partial charge in [-0.3, -0.25) is 19.6 Å². The minimum atomic E-state index is -4.28. The van der Waals surface area contributed by atoms with Gasteiger partial charge in [-0.05, 0) is 61.8 Å². The fraction of sp³-hybridized carbons (Fsp3) is 0.273. The number of aromatic nitrogens is 3. The molecule has 0 bridgehead atoms. The van der Waals surface area contributed by atoms with Crippen LogP contribution in [-0.2, 0) is 16.3 Å². The number of rotatable bonds is 8. The van der Waals surface area contributed by atoms with Gasteiger partial charge in [0.15, 0.2) is 21.3 Å². The molecule has 2 aliphatic rings. The smallest absolute Gasteiger partial charge is 0.256 e. The van der Waals surface area contributed by atoms with E-state index in [9.17, 15) is 18.0 Å². The van der Waals surface area contributed by atoms with Crippen molar-refractivity contribution in [1.29, 1.82) is 0 Å². The number of amides is 1. The Kier molecular flexibility index (Phi) is 7.33. The minimum absolute atomic E-state index is 0.00310. The van der Waals surface area contributed by atoms with Crippen molar-refractivity contribution in [3.63, 3.8) is 0 Å². The monoisotopic (exact) mass is 627 g/mol. The summed E-state index contributed by atoms with van der Waals surface area (Å²) in [5, 5.41) is 4.38. The number of aryl methyl sites for hydroxylation is 1. The van der Waals surface area contributed by atoms with Crippen molar-refractivity contribution in [3.8, 4) is 17.2 Å². The molecule has 1 amide bonds. The SMILES string of the molecule is CN1CCCC1CCNC(=O)c1cn2c3c(c(S(=O)(=O)CCc4cnccn4)c(F)cc3c1=O)Oc1cc3ccccc3cc1-2. The summed E-state index contributed by atoms with van der Waals surface area (Å²) in [4.78, 5) is 36.9. The highest BCUT2D eigenvalue weighted by Crippen LogP contribution is 2.45. The lowest BCUT2D eigenvalue weighted by Gasteiger charge is -2.26. The first kappa shape index (κ1) is 29.1. The lowest BCUT2D eigenvalue weighted by atomic mass is 10.0. The highest BCUT2D eigenvalue weighted by molar-refractivity contribution is 7.91. The molecule has 230 valence electrons.